The van der Waals surface area contributed by atoms with Gasteiger partial charge in [0, 0.05) is 13.1 Å². The van der Waals surface area contributed by atoms with Crippen molar-refractivity contribution in [2.24, 2.45) is 11.1 Å². The summed E-state index contributed by atoms with van der Waals surface area (Å²) < 4.78 is 4.61. The van der Waals surface area contributed by atoms with Gasteiger partial charge < -0.3 is 15.4 Å². The number of nitrogens with zero attached hydrogens (tertiary/aromatic N) is 1. The van der Waals surface area contributed by atoms with Gasteiger partial charge in [-0.2, -0.15) is 0 Å². The van der Waals surface area contributed by atoms with Gasteiger partial charge in [-0.1, -0.05) is 13.3 Å². The van der Waals surface area contributed by atoms with Crippen molar-refractivity contribution in [1.82, 2.24) is 4.90 Å². The number of rotatable bonds is 6. The minimum absolute atomic E-state index is 0.0125. The Labute approximate surface area is 102 Å². The van der Waals surface area contributed by atoms with Gasteiger partial charge >= 0.3 is 5.97 Å². The van der Waals surface area contributed by atoms with Gasteiger partial charge in [0.05, 0.1) is 12.5 Å². The van der Waals surface area contributed by atoms with Crippen LogP contribution in [0.25, 0.3) is 0 Å². The molecule has 1 aliphatic rings. The summed E-state index contributed by atoms with van der Waals surface area (Å²) in [6, 6.07) is 0. The molecule has 0 radical (unpaired) electrons. The molecule has 5 nitrogen and oxygen atoms in total. The zero-order valence-corrected chi connectivity index (χ0v) is 10.7. The molecule has 0 spiro atoms. The molecular formula is C12H22N2O3. The van der Waals surface area contributed by atoms with Gasteiger partial charge in [-0.3, -0.25) is 9.59 Å². The Morgan fingerprint density at radius 3 is 2.41 bits per heavy atom. The number of carbonyl (C=O) groups excluding carboxylic acids is 2. The zero-order chi connectivity index (χ0) is 12.9. The Bertz CT molecular complexity index is 282. The topological polar surface area (TPSA) is 72.6 Å². The Kier molecular flexibility index (Phi) is 4.93. The quantitative estimate of drug-likeness (QED) is 0.689. The van der Waals surface area contributed by atoms with Crippen LogP contribution in [0.2, 0.25) is 0 Å². The van der Waals surface area contributed by atoms with Crippen LogP contribution >= 0.6 is 0 Å². The average Bonchev–Trinajstić information content (AvgIpc) is 2.27. The maximum Gasteiger partial charge on any atom is 0.325 e. The molecule has 0 heterocycles. The lowest BCUT2D eigenvalue weighted by atomic mass is 9.68. The highest BCUT2D eigenvalue weighted by Gasteiger charge is 2.45. The Balaban J connectivity index is 2.68. The van der Waals surface area contributed by atoms with E-state index in [0.717, 1.165) is 25.7 Å². The summed E-state index contributed by atoms with van der Waals surface area (Å²) in [6.45, 7) is 2.96. The fourth-order valence-corrected chi connectivity index (χ4v) is 2.19. The predicted molar refractivity (Wildman–Crippen MR) is 64.2 cm³/mol. The van der Waals surface area contributed by atoms with Crippen LogP contribution in [0.1, 0.15) is 32.6 Å². The van der Waals surface area contributed by atoms with Crippen molar-refractivity contribution in [2.75, 3.05) is 26.7 Å². The van der Waals surface area contributed by atoms with Crippen LogP contribution in [0.3, 0.4) is 0 Å². The summed E-state index contributed by atoms with van der Waals surface area (Å²) in [6.07, 6.45) is 3.54. The zero-order valence-electron chi connectivity index (χ0n) is 10.7. The third kappa shape index (κ3) is 2.97. The largest absolute Gasteiger partial charge is 0.468 e. The SMILES string of the molecule is CCCN(CC(=O)OC)C(=O)C1(CN)CCC1. The highest BCUT2D eigenvalue weighted by molar-refractivity contribution is 5.87. The molecule has 1 amide bonds. The van der Waals surface area contributed by atoms with E-state index in [1.807, 2.05) is 6.92 Å². The number of ether oxygens (including phenoxy) is 1. The summed E-state index contributed by atoms with van der Waals surface area (Å²) in [4.78, 5) is 25.2. The van der Waals surface area contributed by atoms with Crippen LogP contribution in [-0.4, -0.2) is 43.5 Å². The minimum atomic E-state index is -0.414. The molecule has 5 heteroatoms. The first-order valence-corrected chi connectivity index (χ1v) is 6.16. The summed E-state index contributed by atoms with van der Waals surface area (Å²) in [5, 5.41) is 0. The fourth-order valence-electron chi connectivity index (χ4n) is 2.19. The molecule has 0 bridgehead atoms. The van der Waals surface area contributed by atoms with E-state index >= 15 is 0 Å². The molecule has 98 valence electrons. The normalized spacial score (nSPS) is 17.1. The molecule has 0 aliphatic heterocycles. The molecule has 1 aliphatic carbocycles. The molecule has 0 aromatic rings. The standard InChI is InChI=1S/C12H22N2O3/c1-3-7-14(8-10(15)17-2)11(16)12(9-13)5-4-6-12/h3-9,13H2,1-2H3. The molecule has 1 fully saturated rings. The molecule has 0 atom stereocenters. The van der Waals surface area contributed by atoms with Crippen LogP contribution in [0.4, 0.5) is 0 Å². The Morgan fingerprint density at radius 2 is 2.06 bits per heavy atom. The number of hydrogen-bond acceptors (Lipinski definition) is 4. The second-order valence-electron chi connectivity index (χ2n) is 4.64. The van der Waals surface area contributed by atoms with E-state index in [9.17, 15) is 9.59 Å². The van der Waals surface area contributed by atoms with Crippen molar-refractivity contribution < 1.29 is 14.3 Å². The second kappa shape index (κ2) is 6.00. The van der Waals surface area contributed by atoms with Crippen LogP contribution in [0, 0.1) is 5.41 Å². The van der Waals surface area contributed by atoms with Gasteiger partial charge in [0.25, 0.3) is 0 Å². The molecular weight excluding hydrogens is 220 g/mol. The molecule has 1 saturated carbocycles. The van der Waals surface area contributed by atoms with Gasteiger partial charge in [0.2, 0.25) is 5.91 Å². The molecule has 0 saturated heterocycles. The van der Waals surface area contributed by atoms with Gasteiger partial charge in [-0.05, 0) is 19.3 Å². The van der Waals surface area contributed by atoms with Crippen molar-refractivity contribution >= 4 is 11.9 Å². The van der Waals surface area contributed by atoms with E-state index < -0.39 is 5.41 Å². The van der Waals surface area contributed by atoms with Crippen molar-refractivity contribution in [3.05, 3.63) is 0 Å². The minimum Gasteiger partial charge on any atom is -0.468 e. The lowest BCUT2D eigenvalue weighted by molar-refractivity contribution is -0.154. The van der Waals surface area contributed by atoms with Gasteiger partial charge in [-0.15, -0.1) is 0 Å². The molecule has 0 unspecified atom stereocenters. The van der Waals surface area contributed by atoms with E-state index in [2.05, 4.69) is 4.74 Å². The van der Waals surface area contributed by atoms with Crippen molar-refractivity contribution in [3.8, 4) is 0 Å². The highest BCUT2D eigenvalue weighted by Crippen LogP contribution is 2.41. The first-order chi connectivity index (χ1) is 8.09. The Morgan fingerprint density at radius 1 is 1.41 bits per heavy atom. The Hall–Kier alpha value is -1.10. The van der Waals surface area contributed by atoms with E-state index in [-0.39, 0.29) is 18.4 Å². The van der Waals surface area contributed by atoms with E-state index in [0.29, 0.717) is 13.1 Å². The van der Waals surface area contributed by atoms with Gasteiger partial charge in [0.15, 0.2) is 0 Å². The van der Waals surface area contributed by atoms with Crippen molar-refractivity contribution in [2.45, 2.75) is 32.6 Å². The number of carbonyl (C=O) groups is 2. The summed E-state index contributed by atoms with van der Waals surface area (Å²) in [5.41, 5.74) is 5.29. The van der Waals surface area contributed by atoms with Crippen LogP contribution in [0.5, 0.6) is 0 Å². The maximum atomic E-state index is 12.4. The molecule has 17 heavy (non-hydrogen) atoms. The maximum absolute atomic E-state index is 12.4. The number of amides is 1. The number of methoxy groups -OCH3 is 1. The van der Waals surface area contributed by atoms with E-state index in [4.69, 9.17) is 5.73 Å². The molecule has 0 aromatic carbocycles. The first-order valence-electron chi connectivity index (χ1n) is 6.16. The summed E-state index contributed by atoms with van der Waals surface area (Å²) in [7, 11) is 1.33. The van der Waals surface area contributed by atoms with Crippen LogP contribution < -0.4 is 5.73 Å². The molecule has 2 N–H and O–H groups in total. The molecule has 1 rings (SSSR count). The van der Waals surface area contributed by atoms with E-state index in [1.165, 1.54) is 7.11 Å². The van der Waals surface area contributed by atoms with Gasteiger partial charge in [0.1, 0.15) is 6.54 Å². The average molecular weight is 242 g/mol. The van der Waals surface area contributed by atoms with Crippen LogP contribution in [0.15, 0.2) is 0 Å². The summed E-state index contributed by atoms with van der Waals surface area (Å²) in [5.74, 6) is -0.364. The van der Waals surface area contributed by atoms with Crippen molar-refractivity contribution in [3.63, 3.8) is 0 Å². The summed E-state index contributed by atoms with van der Waals surface area (Å²) >= 11 is 0. The number of nitrogens with two attached hydrogens (primary N) is 1. The lowest BCUT2D eigenvalue weighted by Gasteiger charge is -2.42. The van der Waals surface area contributed by atoms with Crippen molar-refractivity contribution in [1.29, 1.82) is 0 Å². The number of esters is 1. The fraction of sp³-hybridized carbons (Fsp3) is 0.833. The monoisotopic (exact) mass is 242 g/mol. The first kappa shape index (κ1) is 14.0. The van der Waals surface area contributed by atoms with E-state index in [1.54, 1.807) is 4.90 Å². The molecule has 0 aromatic heterocycles. The third-order valence-electron chi connectivity index (χ3n) is 3.48. The predicted octanol–water partition coefficient (Wildman–Crippen LogP) is 0.527. The van der Waals surface area contributed by atoms with Gasteiger partial charge in [-0.25, -0.2) is 0 Å². The smallest absolute Gasteiger partial charge is 0.325 e. The second-order valence-corrected chi connectivity index (χ2v) is 4.64. The lowest BCUT2D eigenvalue weighted by Crippen LogP contribution is -2.53. The van der Waals surface area contributed by atoms with Crippen LogP contribution in [-0.2, 0) is 14.3 Å². The highest BCUT2D eigenvalue weighted by atomic mass is 16.5. The number of hydrogen-bond donors (Lipinski definition) is 1. The third-order valence-corrected chi connectivity index (χ3v) is 3.48.